The zero-order valence-electron chi connectivity index (χ0n) is 17.0. The Kier molecular flexibility index (Phi) is 5.62. The maximum Gasteiger partial charge on any atom is 0.270 e. The average molecular weight is 440 g/mol. The van der Waals surface area contributed by atoms with Crippen LogP contribution in [0, 0.1) is 6.92 Å². The fourth-order valence-electron chi connectivity index (χ4n) is 4.10. The Morgan fingerprint density at radius 1 is 1.17 bits per heavy atom. The van der Waals surface area contributed by atoms with E-state index in [0.717, 1.165) is 21.9 Å². The Morgan fingerprint density at radius 2 is 1.87 bits per heavy atom. The zero-order chi connectivity index (χ0) is 21.4. The number of carbonyl (C=O) groups is 2. The van der Waals surface area contributed by atoms with Gasteiger partial charge < -0.3 is 9.80 Å². The smallest absolute Gasteiger partial charge is 0.270 e. The lowest BCUT2D eigenvalue weighted by Crippen LogP contribution is -2.47. The van der Waals surface area contributed by atoms with Gasteiger partial charge in [-0.05, 0) is 56.2 Å². The van der Waals surface area contributed by atoms with Crippen molar-refractivity contribution < 1.29 is 9.59 Å². The van der Waals surface area contributed by atoms with Gasteiger partial charge in [0.15, 0.2) is 0 Å². The molecule has 0 fully saturated rings. The molecule has 1 aromatic heterocycles. The van der Waals surface area contributed by atoms with Gasteiger partial charge in [-0.2, -0.15) is 0 Å². The van der Waals surface area contributed by atoms with E-state index in [-0.39, 0.29) is 23.9 Å². The number of carbonyl (C=O) groups excluding carboxylic acids is 2. The number of hydrogen-bond acceptors (Lipinski definition) is 4. The number of thiazole rings is 1. The van der Waals surface area contributed by atoms with E-state index in [1.54, 1.807) is 30.2 Å². The third-order valence-electron chi connectivity index (χ3n) is 5.37. The second kappa shape index (κ2) is 8.20. The number of halogens is 1. The number of para-hydroxylation sites is 1. The summed E-state index contributed by atoms with van der Waals surface area (Å²) in [7, 11) is 0. The second-order valence-corrected chi connectivity index (χ2v) is 9.11. The molecule has 2 aromatic carbocycles. The number of anilines is 2. The van der Waals surface area contributed by atoms with E-state index in [2.05, 4.69) is 4.98 Å². The first-order valence-corrected chi connectivity index (χ1v) is 11.0. The number of hydrogen-bond donors (Lipinski definition) is 0. The molecule has 0 radical (unpaired) electrons. The van der Waals surface area contributed by atoms with Gasteiger partial charge in [-0.25, -0.2) is 4.98 Å². The number of amides is 2. The summed E-state index contributed by atoms with van der Waals surface area (Å²) in [5.74, 6) is -0.109. The first-order chi connectivity index (χ1) is 14.4. The van der Waals surface area contributed by atoms with E-state index < -0.39 is 0 Å². The lowest BCUT2D eigenvalue weighted by Gasteiger charge is -2.43. The third-order valence-corrected chi connectivity index (χ3v) is 6.52. The van der Waals surface area contributed by atoms with Gasteiger partial charge in [0.05, 0.1) is 17.2 Å². The van der Waals surface area contributed by atoms with Crippen LogP contribution in [0.15, 0.2) is 54.7 Å². The van der Waals surface area contributed by atoms with Crippen molar-refractivity contribution in [2.75, 3.05) is 9.80 Å². The molecule has 2 amide bonds. The van der Waals surface area contributed by atoms with Crippen LogP contribution in [0.5, 0.6) is 0 Å². The van der Waals surface area contributed by atoms with Crippen LogP contribution in [0.4, 0.5) is 11.4 Å². The molecule has 1 aliphatic rings. The van der Waals surface area contributed by atoms with E-state index in [1.165, 1.54) is 11.3 Å². The Balaban J connectivity index is 1.78. The molecule has 7 heteroatoms. The van der Waals surface area contributed by atoms with Crippen LogP contribution in [0.3, 0.4) is 0 Å². The standard InChI is InChI=1S/C23H22ClN3O2S/c1-14-12-21(27(16(3)28)18-10-8-17(24)9-11-18)19-6-4-5-7-20(19)26(14)23(29)22-13-25-15(2)30-22/h4-11,13-14,21H,12H2,1-3H3/t14-,21+/m0/s1. The molecule has 0 spiro atoms. The number of nitrogens with zero attached hydrogens (tertiary/aromatic N) is 3. The van der Waals surface area contributed by atoms with Crippen LogP contribution in [0.25, 0.3) is 0 Å². The Labute approximate surface area is 184 Å². The number of aryl methyl sites for hydroxylation is 1. The van der Waals surface area contributed by atoms with Crippen molar-refractivity contribution in [1.29, 1.82) is 0 Å². The summed E-state index contributed by atoms with van der Waals surface area (Å²) in [6, 6.07) is 14.8. The highest BCUT2D eigenvalue weighted by Crippen LogP contribution is 2.43. The average Bonchev–Trinajstić information content (AvgIpc) is 3.15. The summed E-state index contributed by atoms with van der Waals surface area (Å²) < 4.78 is 0. The minimum atomic E-state index is -0.179. The number of benzene rings is 2. The lowest BCUT2D eigenvalue weighted by molar-refractivity contribution is -0.117. The third kappa shape index (κ3) is 3.73. The summed E-state index contributed by atoms with van der Waals surface area (Å²) in [5.41, 5.74) is 2.57. The minimum Gasteiger partial charge on any atom is -0.305 e. The Hall–Kier alpha value is -2.70. The van der Waals surface area contributed by atoms with Crippen LogP contribution in [-0.4, -0.2) is 22.8 Å². The van der Waals surface area contributed by atoms with Gasteiger partial charge in [-0.3, -0.25) is 9.59 Å². The molecule has 0 bridgehead atoms. The van der Waals surface area contributed by atoms with Crippen molar-refractivity contribution in [3.63, 3.8) is 0 Å². The predicted molar refractivity (Wildman–Crippen MR) is 122 cm³/mol. The molecular weight excluding hydrogens is 418 g/mol. The highest BCUT2D eigenvalue weighted by atomic mass is 35.5. The van der Waals surface area contributed by atoms with Crippen LogP contribution in [0.2, 0.25) is 5.02 Å². The van der Waals surface area contributed by atoms with Crippen molar-refractivity contribution >= 4 is 46.1 Å². The fraction of sp³-hybridized carbons (Fsp3) is 0.261. The molecule has 0 saturated heterocycles. The van der Waals surface area contributed by atoms with Gasteiger partial charge in [-0.15, -0.1) is 11.3 Å². The van der Waals surface area contributed by atoms with Crippen molar-refractivity contribution in [2.45, 2.75) is 39.3 Å². The number of rotatable bonds is 3. The van der Waals surface area contributed by atoms with E-state index in [0.29, 0.717) is 16.3 Å². The summed E-state index contributed by atoms with van der Waals surface area (Å²) in [6.07, 6.45) is 2.27. The summed E-state index contributed by atoms with van der Waals surface area (Å²) in [5, 5.41) is 1.48. The fourth-order valence-corrected chi connectivity index (χ4v) is 4.94. The van der Waals surface area contributed by atoms with E-state index in [9.17, 15) is 9.59 Å². The SMILES string of the molecule is CC(=O)N(c1ccc(Cl)cc1)[C@@H]1C[C@H](C)N(C(=O)c2cnc(C)s2)c2ccccc21. The molecule has 154 valence electrons. The van der Waals surface area contributed by atoms with Crippen molar-refractivity contribution in [3.8, 4) is 0 Å². The zero-order valence-corrected chi connectivity index (χ0v) is 18.6. The molecule has 1 aliphatic heterocycles. The normalized spacial score (nSPS) is 18.1. The topological polar surface area (TPSA) is 53.5 Å². The van der Waals surface area contributed by atoms with E-state index >= 15 is 0 Å². The molecule has 0 saturated carbocycles. The van der Waals surface area contributed by atoms with Crippen LogP contribution < -0.4 is 9.80 Å². The molecule has 3 aromatic rings. The van der Waals surface area contributed by atoms with Crippen LogP contribution in [-0.2, 0) is 4.79 Å². The highest BCUT2D eigenvalue weighted by molar-refractivity contribution is 7.13. The van der Waals surface area contributed by atoms with Crippen molar-refractivity contribution in [1.82, 2.24) is 4.98 Å². The molecule has 2 heterocycles. The van der Waals surface area contributed by atoms with Crippen molar-refractivity contribution in [3.05, 3.63) is 75.2 Å². The molecule has 0 N–H and O–H groups in total. The summed E-state index contributed by atoms with van der Waals surface area (Å²) in [6.45, 7) is 5.48. The second-order valence-electron chi connectivity index (χ2n) is 7.44. The first-order valence-electron chi connectivity index (χ1n) is 9.77. The molecule has 5 nitrogen and oxygen atoms in total. The Morgan fingerprint density at radius 3 is 2.50 bits per heavy atom. The molecule has 4 rings (SSSR count). The molecular formula is C23H22ClN3O2S. The Bertz CT molecular complexity index is 1100. The molecule has 30 heavy (non-hydrogen) atoms. The molecule has 0 unspecified atom stereocenters. The van der Waals surface area contributed by atoms with Crippen molar-refractivity contribution in [2.24, 2.45) is 0 Å². The van der Waals surface area contributed by atoms with E-state index in [1.807, 2.05) is 55.1 Å². The lowest BCUT2D eigenvalue weighted by atomic mass is 9.89. The molecule has 0 aliphatic carbocycles. The predicted octanol–water partition coefficient (Wildman–Crippen LogP) is 5.64. The highest BCUT2D eigenvalue weighted by Gasteiger charge is 2.38. The summed E-state index contributed by atoms with van der Waals surface area (Å²) >= 11 is 7.45. The van der Waals surface area contributed by atoms with Crippen LogP contribution in [0.1, 0.15) is 46.6 Å². The van der Waals surface area contributed by atoms with Crippen LogP contribution >= 0.6 is 22.9 Å². The largest absolute Gasteiger partial charge is 0.305 e. The van der Waals surface area contributed by atoms with Gasteiger partial charge in [0.1, 0.15) is 4.88 Å². The van der Waals surface area contributed by atoms with Gasteiger partial charge >= 0.3 is 0 Å². The van der Waals surface area contributed by atoms with Gasteiger partial charge in [0.2, 0.25) is 5.91 Å². The first kappa shape index (κ1) is 20.6. The monoisotopic (exact) mass is 439 g/mol. The van der Waals surface area contributed by atoms with E-state index in [4.69, 9.17) is 11.6 Å². The number of fused-ring (bicyclic) bond motifs is 1. The van der Waals surface area contributed by atoms with Gasteiger partial charge in [0, 0.05) is 29.4 Å². The summed E-state index contributed by atoms with van der Waals surface area (Å²) in [4.78, 5) is 34.5. The van der Waals surface area contributed by atoms with Gasteiger partial charge in [0.25, 0.3) is 5.91 Å². The minimum absolute atomic E-state index is 0.0535. The number of aromatic nitrogens is 1. The quantitative estimate of drug-likeness (QED) is 0.530. The maximum atomic E-state index is 13.3. The maximum absolute atomic E-state index is 13.3. The van der Waals surface area contributed by atoms with Gasteiger partial charge in [-0.1, -0.05) is 29.8 Å². The molecule has 2 atom stereocenters.